The third-order valence-electron chi connectivity index (χ3n) is 2.18. The molecule has 1 amide bonds. The fourth-order valence-corrected chi connectivity index (χ4v) is 1.52. The summed E-state index contributed by atoms with van der Waals surface area (Å²) in [6.45, 7) is 0. The molecule has 0 fully saturated rings. The quantitative estimate of drug-likeness (QED) is 0.418. The molecule has 23 heavy (non-hydrogen) atoms. The first-order valence-corrected chi connectivity index (χ1v) is 8.21. The number of furan rings is 1. The van der Waals surface area contributed by atoms with Crippen LogP contribution in [0.5, 0.6) is 0 Å². The highest BCUT2D eigenvalue weighted by molar-refractivity contribution is 7.85. The Labute approximate surface area is 137 Å². The van der Waals surface area contributed by atoms with Gasteiger partial charge in [0, 0.05) is 10.6 Å². The fourth-order valence-electron chi connectivity index (χ4n) is 1.39. The zero-order valence-electron chi connectivity index (χ0n) is 11.9. The molecule has 2 aromatic rings. The average molecular weight is 360 g/mol. The minimum Gasteiger partial charge on any atom is -0.451 e. The van der Waals surface area contributed by atoms with E-state index in [2.05, 4.69) is 4.99 Å². The number of nitrogens with two attached hydrogens (primary N) is 2. The number of benzene rings is 1. The maximum Gasteiger partial charge on any atom is 0.315 e. The Balaban J connectivity index is 0.000000463. The molecule has 1 heterocycles. The summed E-state index contributed by atoms with van der Waals surface area (Å²) in [5.74, 6) is -0.297. The third kappa shape index (κ3) is 7.45. The van der Waals surface area contributed by atoms with Crippen LogP contribution in [-0.4, -0.2) is 31.1 Å². The monoisotopic (exact) mass is 359 g/mol. The van der Waals surface area contributed by atoms with Crippen molar-refractivity contribution in [1.82, 2.24) is 0 Å². The molecule has 1 aromatic heterocycles. The van der Waals surface area contributed by atoms with Crippen molar-refractivity contribution in [2.75, 3.05) is 6.26 Å². The van der Waals surface area contributed by atoms with Crippen molar-refractivity contribution in [3.05, 3.63) is 47.2 Å². The zero-order valence-corrected chi connectivity index (χ0v) is 13.5. The number of rotatable bonds is 2. The van der Waals surface area contributed by atoms with Crippen LogP contribution in [0.1, 0.15) is 10.6 Å². The standard InChI is InChI=1S/C12H10ClN3O2.CH4O3S/c13-8-3-1-7(2-4-8)9-5-6-10(18-9)11(17)16-12(14)15;1-5(2,3)4/h1-6H,(H4,14,15,16,17);1H3,(H,2,3,4). The molecule has 0 atom stereocenters. The number of guanidine groups is 1. The summed E-state index contributed by atoms with van der Waals surface area (Å²) >= 11 is 5.78. The molecule has 0 unspecified atom stereocenters. The summed E-state index contributed by atoms with van der Waals surface area (Å²) in [6.07, 6.45) is 0.715. The van der Waals surface area contributed by atoms with Crippen LogP contribution in [0.15, 0.2) is 45.8 Å². The van der Waals surface area contributed by atoms with Crippen LogP contribution in [0.3, 0.4) is 0 Å². The lowest BCUT2D eigenvalue weighted by molar-refractivity contribution is 0.0977. The number of carbonyl (C=O) groups excluding carboxylic acids is 1. The van der Waals surface area contributed by atoms with Gasteiger partial charge >= 0.3 is 5.91 Å². The molecule has 0 aliphatic heterocycles. The van der Waals surface area contributed by atoms with Gasteiger partial charge in [-0.05, 0) is 36.4 Å². The molecule has 0 saturated heterocycles. The van der Waals surface area contributed by atoms with Gasteiger partial charge in [0.05, 0.1) is 6.26 Å². The van der Waals surface area contributed by atoms with Crippen LogP contribution in [0.25, 0.3) is 11.3 Å². The molecule has 1 aromatic carbocycles. The number of halogens is 1. The fraction of sp³-hybridized carbons (Fsp3) is 0.0769. The van der Waals surface area contributed by atoms with Gasteiger partial charge in [0.15, 0.2) is 11.7 Å². The Morgan fingerprint density at radius 3 is 2.17 bits per heavy atom. The van der Waals surface area contributed by atoms with Crippen molar-refractivity contribution in [2.24, 2.45) is 16.5 Å². The Morgan fingerprint density at radius 1 is 1.17 bits per heavy atom. The zero-order chi connectivity index (χ0) is 17.6. The maximum absolute atomic E-state index is 11.5. The van der Waals surface area contributed by atoms with Crippen LogP contribution in [0.4, 0.5) is 0 Å². The highest BCUT2D eigenvalue weighted by Gasteiger charge is 2.11. The van der Waals surface area contributed by atoms with Crippen molar-refractivity contribution in [3.8, 4) is 11.3 Å². The van der Waals surface area contributed by atoms with Crippen LogP contribution < -0.4 is 11.5 Å². The second-order valence-corrected chi connectivity index (χ2v) is 6.15. The number of nitrogens with zero attached hydrogens (tertiary/aromatic N) is 1. The largest absolute Gasteiger partial charge is 0.451 e. The van der Waals surface area contributed by atoms with Crippen LogP contribution >= 0.6 is 11.6 Å². The van der Waals surface area contributed by atoms with Gasteiger partial charge in [-0.15, -0.1) is 0 Å². The predicted octanol–water partition coefficient (Wildman–Crippen LogP) is 1.52. The van der Waals surface area contributed by atoms with E-state index in [9.17, 15) is 13.2 Å². The van der Waals surface area contributed by atoms with Gasteiger partial charge in [-0.3, -0.25) is 9.35 Å². The molecular formula is C13H14ClN3O5S. The van der Waals surface area contributed by atoms with E-state index in [1.165, 1.54) is 6.07 Å². The highest BCUT2D eigenvalue weighted by atomic mass is 35.5. The number of amides is 1. The lowest BCUT2D eigenvalue weighted by Gasteiger charge is -1.96. The van der Waals surface area contributed by atoms with Crippen molar-refractivity contribution in [3.63, 3.8) is 0 Å². The first kappa shape index (κ1) is 18.7. The topological polar surface area (TPSA) is 149 Å². The van der Waals surface area contributed by atoms with Crippen molar-refractivity contribution >= 4 is 33.6 Å². The van der Waals surface area contributed by atoms with Gasteiger partial charge in [0.25, 0.3) is 10.1 Å². The molecule has 0 spiro atoms. The first-order valence-electron chi connectivity index (χ1n) is 5.98. The molecular weight excluding hydrogens is 346 g/mol. The Kier molecular flexibility index (Phi) is 6.31. The molecule has 8 nitrogen and oxygen atoms in total. The number of carbonyl (C=O) groups is 1. The average Bonchev–Trinajstić information content (AvgIpc) is 2.86. The van der Waals surface area contributed by atoms with E-state index >= 15 is 0 Å². The summed E-state index contributed by atoms with van der Waals surface area (Å²) in [7, 11) is -3.67. The van der Waals surface area contributed by atoms with Gasteiger partial charge in [0.1, 0.15) is 5.76 Å². The first-order chi connectivity index (χ1) is 10.6. The summed E-state index contributed by atoms with van der Waals surface area (Å²) in [5, 5.41) is 0.627. The molecule has 10 heteroatoms. The van der Waals surface area contributed by atoms with E-state index < -0.39 is 16.0 Å². The minimum absolute atomic E-state index is 0.0772. The molecule has 0 bridgehead atoms. The van der Waals surface area contributed by atoms with Crippen LogP contribution in [-0.2, 0) is 10.1 Å². The van der Waals surface area contributed by atoms with Gasteiger partial charge < -0.3 is 15.9 Å². The number of aliphatic imine (C=N–C) groups is 1. The SMILES string of the molecule is CS(=O)(=O)O.NC(N)=NC(=O)c1ccc(-c2ccc(Cl)cc2)o1. The molecule has 0 saturated carbocycles. The predicted molar refractivity (Wildman–Crippen MR) is 86.8 cm³/mol. The van der Waals surface area contributed by atoms with Crippen LogP contribution in [0, 0.1) is 0 Å². The van der Waals surface area contributed by atoms with E-state index in [1.807, 2.05) is 0 Å². The number of hydrogen-bond donors (Lipinski definition) is 3. The van der Waals surface area contributed by atoms with E-state index in [-0.39, 0.29) is 11.7 Å². The smallest absolute Gasteiger partial charge is 0.315 e. The lowest BCUT2D eigenvalue weighted by Crippen LogP contribution is -2.24. The summed E-state index contributed by atoms with van der Waals surface area (Å²) in [4.78, 5) is 14.9. The van der Waals surface area contributed by atoms with Crippen LogP contribution in [0.2, 0.25) is 5.02 Å². The van der Waals surface area contributed by atoms with Crippen molar-refractivity contribution in [2.45, 2.75) is 0 Å². The number of hydrogen-bond acceptors (Lipinski definition) is 4. The molecule has 0 aliphatic carbocycles. The van der Waals surface area contributed by atoms with E-state index in [4.69, 9.17) is 32.0 Å². The van der Waals surface area contributed by atoms with Crippen molar-refractivity contribution < 1.29 is 22.2 Å². The molecule has 0 radical (unpaired) electrons. The molecule has 124 valence electrons. The normalized spacial score (nSPS) is 10.4. The molecule has 5 N–H and O–H groups in total. The maximum atomic E-state index is 11.5. The Bertz CT molecular complexity index is 800. The Hall–Kier alpha value is -2.36. The Morgan fingerprint density at radius 2 is 1.70 bits per heavy atom. The second-order valence-electron chi connectivity index (χ2n) is 4.25. The lowest BCUT2D eigenvalue weighted by atomic mass is 10.2. The van der Waals surface area contributed by atoms with Gasteiger partial charge in [-0.1, -0.05) is 11.6 Å². The van der Waals surface area contributed by atoms with Gasteiger partial charge in [0.2, 0.25) is 0 Å². The van der Waals surface area contributed by atoms with Gasteiger partial charge in [-0.2, -0.15) is 13.4 Å². The molecule has 2 rings (SSSR count). The highest BCUT2D eigenvalue weighted by Crippen LogP contribution is 2.24. The summed E-state index contributed by atoms with van der Waals surface area (Å²) in [6, 6.07) is 10.2. The second kappa shape index (κ2) is 7.77. The third-order valence-corrected chi connectivity index (χ3v) is 2.43. The van der Waals surface area contributed by atoms with Gasteiger partial charge in [-0.25, -0.2) is 0 Å². The van der Waals surface area contributed by atoms with E-state index in [1.54, 1.807) is 30.3 Å². The van der Waals surface area contributed by atoms with E-state index in [0.717, 1.165) is 5.56 Å². The van der Waals surface area contributed by atoms with E-state index in [0.29, 0.717) is 17.0 Å². The van der Waals surface area contributed by atoms with Crippen molar-refractivity contribution in [1.29, 1.82) is 0 Å². The minimum atomic E-state index is -3.67. The summed E-state index contributed by atoms with van der Waals surface area (Å²) in [5.41, 5.74) is 11.0. The molecule has 0 aliphatic rings. The summed E-state index contributed by atoms with van der Waals surface area (Å²) < 4.78 is 31.2.